The highest BCUT2D eigenvalue weighted by atomic mass is 15.1. The zero-order valence-electron chi connectivity index (χ0n) is 34.0. The molecule has 12 rings (SSSR count). The van der Waals surface area contributed by atoms with Gasteiger partial charge >= 0.3 is 0 Å². The number of fused-ring (bicyclic) bond motifs is 8. The van der Waals surface area contributed by atoms with E-state index in [0.717, 1.165) is 28.3 Å². The van der Waals surface area contributed by atoms with Crippen molar-refractivity contribution in [3.63, 3.8) is 0 Å². The monoisotopic (exact) mass is 788 g/mol. The van der Waals surface area contributed by atoms with Crippen LogP contribution in [0.4, 0.5) is 17.1 Å². The lowest BCUT2D eigenvalue weighted by atomic mass is 9.94. The van der Waals surface area contributed by atoms with E-state index >= 15 is 0 Å². The van der Waals surface area contributed by atoms with Gasteiger partial charge in [0.05, 0.1) is 16.7 Å². The molecule has 12 aromatic rings. The molecule has 0 N–H and O–H groups in total. The van der Waals surface area contributed by atoms with Crippen LogP contribution in [0, 0.1) is 0 Å². The van der Waals surface area contributed by atoms with E-state index in [1.165, 1.54) is 81.9 Å². The first-order valence-corrected chi connectivity index (χ1v) is 21.3. The molecule has 290 valence electrons. The van der Waals surface area contributed by atoms with Crippen LogP contribution in [-0.2, 0) is 0 Å². The minimum atomic E-state index is 1.09. The van der Waals surface area contributed by atoms with Crippen molar-refractivity contribution in [3.8, 4) is 39.1 Å². The summed E-state index contributed by atoms with van der Waals surface area (Å²) >= 11 is 0. The number of hydrogen-bond acceptors (Lipinski definition) is 1. The molecule has 2 heteroatoms. The van der Waals surface area contributed by atoms with Gasteiger partial charge in [-0.3, -0.25) is 0 Å². The second kappa shape index (κ2) is 14.8. The van der Waals surface area contributed by atoms with E-state index in [0.29, 0.717) is 0 Å². The first-order valence-electron chi connectivity index (χ1n) is 21.3. The van der Waals surface area contributed by atoms with Crippen LogP contribution in [0.2, 0.25) is 0 Å². The van der Waals surface area contributed by atoms with Crippen molar-refractivity contribution >= 4 is 71.2 Å². The summed E-state index contributed by atoms with van der Waals surface area (Å²) in [7, 11) is 0. The second-order valence-electron chi connectivity index (χ2n) is 16.1. The maximum atomic E-state index is 2.45. The van der Waals surface area contributed by atoms with E-state index in [-0.39, 0.29) is 0 Å². The molecular weight excluding hydrogens is 749 g/mol. The summed E-state index contributed by atoms with van der Waals surface area (Å²) in [5.74, 6) is 0. The standard InChI is InChI=1S/C60H40N2/c1-3-17-41(18-4-1)49-25-11-12-26-50(49)43-33-36-47(37-34-43)61(58-40-45-20-8-9-27-51(45)54-29-13-14-30-55(54)58)48-24-15-21-44(39-48)52-31-16-32-57-59(52)56-38-35-42-19-7-10-28-53(42)60(56)62(57)46-22-5-2-6-23-46/h1-40H. The predicted octanol–water partition coefficient (Wildman–Crippen LogP) is 16.7. The lowest BCUT2D eigenvalue weighted by Gasteiger charge is -2.28. The largest absolute Gasteiger partial charge is 0.310 e. The van der Waals surface area contributed by atoms with Gasteiger partial charge in [-0.15, -0.1) is 0 Å². The zero-order valence-corrected chi connectivity index (χ0v) is 34.0. The van der Waals surface area contributed by atoms with Gasteiger partial charge in [0.25, 0.3) is 0 Å². The van der Waals surface area contributed by atoms with Gasteiger partial charge in [0.15, 0.2) is 0 Å². The second-order valence-corrected chi connectivity index (χ2v) is 16.1. The lowest BCUT2D eigenvalue weighted by molar-refractivity contribution is 1.19. The molecule has 0 aliphatic heterocycles. The minimum Gasteiger partial charge on any atom is -0.310 e. The van der Waals surface area contributed by atoms with Crippen molar-refractivity contribution in [2.45, 2.75) is 0 Å². The Morgan fingerprint density at radius 2 is 0.887 bits per heavy atom. The van der Waals surface area contributed by atoms with Crippen LogP contribution < -0.4 is 4.90 Å². The molecule has 0 unspecified atom stereocenters. The Morgan fingerprint density at radius 1 is 0.306 bits per heavy atom. The Balaban J connectivity index is 1.08. The lowest BCUT2D eigenvalue weighted by Crippen LogP contribution is -2.11. The fourth-order valence-electron chi connectivity index (χ4n) is 9.77. The van der Waals surface area contributed by atoms with Crippen LogP contribution in [0.3, 0.4) is 0 Å². The molecule has 0 radical (unpaired) electrons. The van der Waals surface area contributed by atoms with Gasteiger partial charge in [0.2, 0.25) is 0 Å². The summed E-state index contributed by atoms with van der Waals surface area (Å²) in [6.07, 6.45) is 0. The van der Waals surface area contributed by atoms with Crippen LogP contribution in [0.25, 0.3) is 93.2 Å². The number of aromatic nitrogens is 1. The molecule has 1 heterocycles. The topological polar surface area (TPSA) is 8.17 Å². The Hall–Kier alpha value is -8.20. The van der Waals surface area contributed by atoms with E-state index in [9.17, 15) is 0 Å². The number of para-hydroxylation sites is 1. The van der Waals surface area contributed by atoms with Crippen molar-refractivity contribution in [2.75, 3.05) is 4.90 Å². The third-order valence-corrected chi connectivity index (χ3v) is 12.5. The molecule has 0 saturated heterocycles. The number of benzene rings is 11. The maximum Gasteiger partial charge on any atom is 0.0619 e. The molecule has 0 fully saturated rings. The number of anilines is 3. The molecule has 0 spiro atoms. The van der Waals surface area contributed by atoms with E-state index < -0.39 is 0 Å². The summed E-state index contributed by atoms with van der Waals surface area (Å²) in [6, 6.07) is 88.5. The van der Waals surface area contributed by atoms with Crippen molar-refractivity contribution in [1.82, 2.24) is 4.57 Å². The van der Waals surface area contributed by atoms with E-state index in [4.69, 9.17) is 0 Å². The van der Waals surface area contributed by atoms with Gasteiger partial charge in [-0.1, -0.05) is 194 Å². The first-order chi connectivity index (χ1) is 30.8. The highest BCUT2D eigenvalue weighted by Gasteiger charge is 2.21. The quantitative estimate of drug-likeness (QED) is 0.146. The normalized spacial score (nSPS) is 11.5. The molecule has 0 saturated carbocycles. The molecule has 0 aliphatic rings. The molecule has 0 aliphatic carbocycles. The highest BCUT2D eigenvalue weighted by molar-refractivity contribution is 6.22. The highest BCUT2D eigenvalue weighted by Crippen LogP contribution is 2.46. The molecule has 0 amide bonds. The molecule has 2 nitrogen and oxygen atoms in total. The summed E-state index contributed by atoms with van der Waals surface area (Å²) in [6.45, 7) is 0. The van der Waals surface area contributed by atoms with Crippen LogP contribution in [0.1, 0.15) is 0 Å². The van der Waals surface area contributed by atoms with Gasteiger partial charge in [-0.25, -0.2) is 0 Å². The van der Waals surface area contributed by atoms with Crippen LogP contribution in [-0.4, -0.2) is 4.57 Å². The Bertz CT molecular complexity index is 3620. The van der Waals surface area contributed by atoms with Gasteiger partial charge in [-0.05, 0) is 103 Å². The number of hydrogen-bond donors (Lipinski definition) is 0. The molecule has 62 heavy (non-hydrogen) atoms. The maximum absolute atomic E-state index is 2.45. The SMILES string of the molecule is c1ccc(-c2ccccc2-c2ccc(N(c3cccc(-c4cccc5c4c4ccc6ccccc6c4n5-c4ccccc4)c3)c3cc4ccccc4c4ccccc34)cc2)cc1. The molecular formula is C60H40N2. The van der Waals surface area contributed by atoms with Crippen molar-refractivity contribution in [1.29, 1.82) is 0 Å². The zero-order chi connectivity index (χ0) is 41.0. The van der Waals surface area contributed by atoms with Gasteiger partial charge in [0.1, 0.15) is 0 Å². The van der Waals surface area contributed by atoms with Crippen molar-refractivity contribution in [2.24, 2.45) is 0 Å². The van der Waals surface area contributed by atoms with Crippen LogP contribution >= 0.6 is 0 Å². The molecule has 0 atom stereocenters. The minimum absolute atomic E-state index is 1.09. The van der Waals surface area contributed by atoms with Gasteiger partial charge < -0.3 is 9.47 Å². The average molecular weight is 789 g/mol. The third kappa shape index (κ3) is 5.88. The van der Waals surface area contributed by atoms with E-state index in [2.05, 4.69) is 252 Å². The summed E-state index contributed by atoms with van der Waals surface area (Å²) < 4.78 is 2.45. The van der Waals surface area contributed by atoms with Crippen molar-refractivity contribution in [3.05, 3.63) is 243 Å². The number of nitrogens with zero attached hydrogens (tertiary/aromatic N) is 2. The Labute approximate surface area is 360 Å². The molecule has 11 aromatic carbocycles. The molecule has 1 aromatic heterocycles. The summed E-state index contributed by atoms with van der Waals surface area (Å²) in [4.78, 5) is 2.45. The average Bonchev–Trinajstić information content (AvgIpc) is 3.70. The van der Waals surface area contributed by atoms with Crippen LogP contribution in [0.5, 0.6) is 0 Å². The molecule has 0 bridgehead atoms. The summed E-state index contributed by atoms with van der Waals surface area (Å²) in [5, 5.41) is 9.87. The van der Waals surface area contributed by atoms with E-state index in [1.807, 2.05) is 0 Å². The van der Waals surface area contributed by atoms with Gasteiger partial charge in [-0.2, -0.15) is 0 Å². The smallest absolute Gasteiger partial charge is 0.0619 e. The fourth-order valence-corrected chi connectivity index (χ4v) is 9.77. The summed E-state index contributed by atoms with van der Waals surface area (Å²) in [5.41, 5.74) is 14.1. The Morgan fingerprint density at radius 3 is 1.66 bits per heavy atom. The van der Waals surface area contributed by atoms with Gasteiger partial charge in [0, 0.05) is 38.6 Å². The fraction of sp³-hybridized carbons (Fsp3) is 0. The third-order valence-electron chi connectivity index (χ3n) is 12.5. The van der Waals surface area contributed by atoms with E-state index in [1.54, 1.807) is 0 Å². The first kappa shape index (κ1) is 35.7. The van der Waals surface area contributed by atoms with Crippen molar-refractivity contribution < 1.29 is 0 Å². The predicted molar refractivity (Wildman–Crippen MR) is 264 cm³/mol. The Kier molecular flexibility index (Phi) is 8.53. The number of rotatable bonds is 7. The van der Waals surface area contributed by atoms with Crippen LogP contribution in [0.15, 0.2) is 243 Å².